The highest BCUT2D eigenvalue weighted by molar-refractivity contribution is 9.10. The molecule has 0 saturated carbocycles. The zero-order valence-corrected chi connectivity index (χ0v) is 14.9. The molecule has 0 fully saturated rings. The second kappa shape index (κ2) is 8.64. The molecule has 1 aromatic heterocycles. The maximum atomic E-state index is 12.3. The molecule has 0 aliphatic rings. The molecular weight excluding hydrogens is 356 g/mol. The number of hydrogen-bond acceptors (Lipinski definition) is 4. The van der Waals surface area contributed by atoms with Crippen molar-refractivity contribution in [2.75, 3.05) is 37.8 Å². The van der Waals surface area contributed by atoms with Gasteiger partial charge in [0.15, 0.2) is 0 Å². The van der Waals surface area contributed by atoms with Gasteiger partial charge in [0, 0.05) is 29.1 Å². The Bertz CT molecular complexity index is 643. The Labute approximate surface area is 145 Å². The third-order valence-electron chi connectivity index (χ3n) is 3.21. The van der Waals surface area contributed by atoms with E-state index in [1.165, 1.54) is 0 Å². The fourth-order valence-corrected chi connectivity index (χ4v) is 2.29. The van der Waals surface area contributed by atoms with Crippen LogP contribution >= 0.6 is 15.9 Å². The van der Waals surface area contributed by atoms with Gasteiger partial charge in [-0.15, -0.1) is 0 Å². The number of aromatic nitrogens is 1. The first kappa shape index (κ1) is 17.4. The second-order valence-corrected chi connectivity index (χ2v) is 6.42. The van der Waals surface area contributed by atoms with Crippen molar-refractivity contribution in [2.24, 2.45) is 0 Å². The van der Waals surface area contributed by atoms with Crippen molar-refractivity contribution in [3.05, 3.63) is 52.8 Å². The first-order valence-electron chi connectivity index (χ1n) is 7.45. The van der Waals surface area contributed by atoms with E-state index >= 15 is 0 Å². The molecule has 1 aromatic carbocycles. The molecule has 6 heteroatoms. The molecule has 1 amide bonds. The van der Waals surface area contributed by atoms with Crippen molar-refractivity contribution < 1.29 is 4.79 Å². The number of amides is 1. The van der Waals surface area contributed by atoms with Gasteiger partial charge in [-0.25, -0.2) is 0 Å². The lowest BCUT2D eigenvalue weighted by atomic mass is 10.2. The second-order valence-electron chi connectivity index (χ2n) is 5.51. The summed E-state index contributed by atoms with van der Waals surface area (Å²) in [7, 11) is 4.10. The largest absolute Gasteiger partial charge is 0.384 e. The standard InChI is InChI=1S/C17H21BrN4O/c1-22(2)9-3-8-20-16-10-13(11-19-12-16)17(23)21-15-6-4-14(18)5-7-15/h4-7,10-12,20H,3,8-9H2,1-2H3,(H,21,23). The van der Waals surface area contributed by atoms with Gasteiger partial charge in [0.25, 0.3) is 5.91 Å². The van der Waals surface area contributed by atoms with E-state index in [-0.39, 0.29) is 5.91 Å². The van der Waals surface area contributed by atoms with E-state index in [1.54, 1.807) is 12.4 Å². The Kier molecular flexibility index (Phi) is 6.55. The van der Waals surface area contributed by atoms with Crippen LogP contribution in [0.5, 0.6) is 0 Å². The number of hydrogen-bond donors (Lipinski definition) is 2. The van der Waals surface area contributed by atoms with Crippen LogP contribution in [0, 0.1) is 0 Å². The Balaban J connectivity index is 1.92. The third kappa shape index (κ3) is 6.00. The predicted octanol–water partition coefficient (Wildman–Crippen LogP) is 3.46. The topological polar surface area (TPSA) is 57.3 Å². The van der Waals surface area contributed by atoms with Gasteiger partial charge in [0.2, 0.25) is 0 Å². The summed E-state index contributed by atoms with van der Waals surface area (Å²) in [5, 5.41) is 6.15. The first-order chi connectivity index (χ1) is 11.0. The fraction of sp³-hybridized carbons (Fsp3) is 0.294. The molecule has 1 heterocycles. The number of anilines is 2. The number of nitrogens with one attached hydrogen (secondary N) is 2. The predicted molar refractivity (Wildman–Crippen MR) is 98.0 cm³/mol. The minimum absolute atomic E-state index is 0.170. The van der Waals surface area contributed by atoms with Crippen LogP contribution in [-0.4, -0.2) is 43.0 Å². The van der Waals surface area contributed by atoms with E-state index in [2.05, 4.69) is 50.5 Å². The van der Waals surface area contributed by atoms with Crippen LogP contribution in [0.2, 0.25) is 0 Å². The number of pyridine rings is 1. The molecule has 0 saturated heterocycles. The van der Waals surface area contributed by atoms with Crippen molar-refractivity contribution >= 4 is 33.2 Å². The van der Waals surface area contributed by atoms with Crippen LogP contribution in [-0.2, 0) is 0 Å². The summed E-state index contributed by atoms with van der Waals surface area (Å²) < 4.78 is 0.973. The monoisotopic (exact) mass is 376 g/mol. The molecule has 0 bridgehead atoms. The average molecular weight is 377 g/mol. The minimum Gasteiger partial charge on any atom is -0.384 e. The molecule has 5 nitrogen and oxygen atoms in total. The van der Waals surface area contributed by atoms with Crippen molar-refractivity contribution in [1.29, 1.82) is 0 Å². The number of carbonyl (C=O) groups excluding carboxylic acids is 1. The van der Waals surface area contributed by atoms with Crippen molar-refractivity contribution in [3.63, 3.8) is 0 Å². The zero-order chi connectivity index (χ0) is 16.7. The summed E-state index contributed by atoms with van der Waals surface area (Å²) in [6, 6.07) is 9.28. The Hall–Kier alpha value is -1.92. The van der Waals surface area contributed by atoms with Gasteiger partial charge < -0.3 is 15.5 Å². The number of rotatable bonds is 7. The van der Waals surface area contributed by atoms with Crippen LogP contribution < -0.4 is 10.6 Å². The van der Waals surface area contributed by atoms with Gasteiger partial charge in [0.05, 0.1) is 11.3 Å². The van der Waals surface area contributed by atoms with Crippen molar-refractivity contribution in [3.8, 4) is 0 Å². The zero-order valence-electron chi connectivity index (χ0n) is 13.3. The maximum absolute atomic E-state index is 12.3. The highest BCUT2D eigenvalue weighted by Crippen LogP contribution is 2.16. The number of nitrogens with zero attached hydrogens (tertiary/aromatic N) is 2. The summed E-state index contributed by atoms with van der Waals surface area (Å²) in [5.41, 5.74) is 2.14. The van der Waals surface area contributed by atoms with Crippen molar-refractivity contribution in [1.82, 2.24) is 9.88 Å². The van der Waals surface area contributed by atoms with E-state index in [9.17, 15) is 4.79 Å². The lowest BCUT2D eigenvalue weighted by Gasteiger charge is -2.11. The highest BCUT2D eigenvalue weighted by atomic mass is 79.9. The third-order valence-corrected chi connectivity index (χ3v) is 3.74. The molecule has 2 aromatic rings. The number of halogens is 1. The van der Waals surface area contributed by atoms with Gasteiger partial charge >= 0.3 is 0 Å². The lowest BCUT2D eigenvalue weighted by molar-refractivity contribution is 0.102. The molecule has 0 radical (unpaired) electrons. The van der Waals surface area contributed by atoms with Gasteiger partial charge in [0.1, 0.15) is 0 Å². The van der Waals surface area contributed by atoms with Crippen LogP contribution in [0.4, 0.5) is 11.4 Å². The maximum Gasteiger partial charge on any atom is 0.257 e. The quantitative estimate of drug-likeness (QED) is 0.726. The van der Waals surface area contributed by atoms with Gasteiger partial charge in [-0.1, -0.05) is 15.9 Å². The van der Waals surface area contributed by atoms with Crippen LogP contribution in [0.15, 0.2) is 47.2 Å². The molecule has 0 atom stereocenters. The van der Waals surface area contributed by atoms with E-state index in [1.807, 2.05) is 30.3 Å². The van der Waals surface area contributed by atoms with Crippen LogP contribution in [0.25, 0.3) is 0 Å². The molecule has 0 aliphatic carbocycles. The van der Waals surface area contributed by atoms with E-state index in [4.69, 9.17) is 0 Å². The average Bonchev–Trinajstić information content (AvgIpc) is 2.54. The number of benzene rings is 1. The normalized spacial score (nSPS) is 10.6. The molecule has 0 spiro atoms. The summed E-state index contributed by atoms with van der Waals surface area (Å²) in [5.74, 6) is -0.170. The van der Waals surface area contributed by atoms with Crippen molar-refractivity contribution in [2.45, 2.75) is 6.42 Å². The highest BCUT2D eigenvalue weighted by Gasteiger charge is 2.07. The van der Waals surface area contributed by atoms with E-state index < -0.39 is 0 Å². The Morgan fingerprint density at radius 3 is 2.61 bits per heavy atom. The van der Waals surface area contributed by atoms with Crippen LogP contribution in [0.1, 0.15) is 16.8 Å². The fourth-order valence-electron chi connectivity index (χ4n) is 2.03. The van der Waals surface area contributed by atoms with Crippen LogP contribution in [0.3, 0.4) is 0 Å². The van der Waals surface area contributed by atoms with Gasteiger partial charge in [-0.2, -0.15) is 0 Å². The molecule has 2 rings (SSSR count). The van der Waals surface area contributed by atoms with Gasteiger partial charge in [-0.05, 0) is 57.4 Å². The SMILES string of the molecule is CN(C)CCCNc1cncc(C(=O)Nc2ccc(Br)cc2)c1. The smallest absolute Gasteiger partial charge is 0.257 e. The molecular formula is C17H21BrN4O. The summed E-state index contributed by atoms with van der Waals surface area (Å²) in [4.78, 5) is 18.5. The first-order valence-corrected chi connectivity index (χ1v) is 8.24. The molecule has 23 heavy (non-hydrogen) atoms. The molecule has 2 N–H and O–H groups in total. The molecule has 0 aliphatic heterocycles. The molecule has 122 valence electrons. The summed E-state index contributed by atoms with van der Waals surface area (Å²) >= 11 is 3.37. The summed E-state index contributed by atoms with van der Waals surface area (Å²) in [6.07, 6.45) is 4.33. The molecule has 0 unspecified atom stereocenters. The minimum atomic E-state index is -0.170. The van der Waals surface area contributed by atoms with E-state index in [0.29, 0.717) is 5.56 Å². The Morgan fingerprint density at radius 2 is 1.91 bits per heavy atom. The van der Waals surface area contributed by atoms with E-state index in [0.717, 1.165) is 35.4 Å². The Morgan fingerprint density at radius 1 is 1.17 bits per heavy atom. The lowest BCUT2D eigenvalue weighted by Crippen LogP contribution is -2.17. The summed E-state index contributed by atoms with van der Waals surface area (Å²) in [6.45, 7) is 1.86. The number of carbonyl (C=O) groups is 1. The van der Waals surface area contributed by atoms with Gasteiger partial charge in [-0.3, -0.25) is 9.78 Å².